The van der Waals surface area contributed by atoms with Crippen molar-refractivity contribution in [2.24, 2.45) is 0 Å². The van der Waals surface area contributed by atoms with E-state index in [4.69, 9.17) is 4.74 Å². The van der Waals surface area contributed by atoms with E-state index in [9.17, 15) is 4.79 Å². The fourth-order valence-electron chi connectivity index (χ4n) is 1.22. The van der Waals surface area contributed by atoms with Gasteiger partial charge in [0.15, 0.2) is 6.10 Å². The quantitative estimate of drug-likeness (QED) is 0.829. The largest absolute Gasteiger partial charge is 0.481 e. The second-order valence-electron chi connectivity index (χ2n) is 3.89. The second kappa shape index (κ2) is 6.16. The lowest BCUT2D eigenvalue weighted by molar-refractivity contribution is -0.127. The number of para-hydroxylation sites is 1. The molecule has 0 aromatic heterocycles. The minimum absolute atomic E-state index is 0.0711. The number of hydrogen-bond acceptors (Lipinski definition) is 2. The summed E-state index contributed by atoms with van der Waals surface area (Å²) in [5, 5.41) is 2.89. The number of carbonyl (C=O) groups is 1. The van der Waals surface area contributed by atoms with E-state index in [-0.39, 0.29) is 11.9 Å². The lowest BCUT2D eigenvalue weighted by Crippen LogP contribution is -2.40. The Morgan fingerprint density at radius 2 is 1.94 bits per heavy atom. The zero-order valence-corrected chi connectivity index (χ0v) is 10.1. The first kappa shape index (κ1) is 12.6. The van der Waals surface area contributed by atoms with Crippen LogP contribution in [0, 0.1) is 0 Å². The predicted molar refractivity (Wildman–Crippen MR) is 64.4 cm³/mol. The van der Waals surface area contributed by atoms with Crippen LogP contribution in [0.5, 0.6) is 5.75 Å². The minimum atomic E-state index is -0.462. The topological polar surface area (TPSA) is 38.3 Å². The average Bonchev–Trinajstić information content (AvgIpc) is 2.30. The van der Waals surface area contributed by atoms with Crippen molar-refractivity contribution in [2.45, 2.75) is 39.3 Å². The Hall–Kier alpha value is -1.51. The molecule has 0 radical (unpaired) electrons. The molecule has 0 bridgehead atoms. The maximum Gasteiger partial charge on any atom is 0.260 e. The van der Waals surface area contributed by atoms with Gasteiger partial charge in [0, 0.05) is 6.04 Å². The molecule has 0 spiro atoms. The van der Waals surface area contributed by atoms with Gasteiger partial charge in [-0.05, 0) is 32.4 Å². The van der Waals surface area contributed by atoms with Crippen LogP contribution in [0.1, 0.15) is 27.2 Å². The first-order chi connectivity index (χ1) is 7.63. The van der Waals surface area contributed by atoms with Gasteiger partial charge in [-0.3, -0.25) is 4.79 Å². The molecule has 0 aliphatic rings. The predicted octanol–water partition coefficient (Wildman–Crippen LogP) is 2.37. The van der Waals surface area contributed by atoms with Crippen LogP contribution in [0.4, 0.5) is 0 Å². The van der Waals surface area contributed by atoms with E-state index < -0.39 is 6.10 Å². The Balaban J connectivity index is 2.46. The monoisotopic (exact) mass is 221 g/mol. The minimum Gasteiger partial charge on any atom is -0.481 e. The van der Waals surface area contributed by atoms with Crippen LogP contribution >= 0.6 is 0 Å². The van der Waals surface area contributed by atoms with Crippen molar-refractivity contribution in [3.8, 4) is 5.75 Å². The molecule has 2 unspecified atom stereocenters. The van der Waals surface area contributed by atoms with Gasteiger partial charge in [0.05, 0.1) is 0 Å². The molecule has 0 fully saturated rings. The van der Waals surface area contributed by atoms with Crippen LogP contribution in [0.25, 0.3) is 0 Å². The highest BCUT2D eigenvalue weighted by Gasteiger charge is 2.15. The zero-order valence-electron chi connectivity index (χ0n) is 10.1. The van der Waals surface area contributed by atoms with Gasteiger partial charge in [0.2, 0.25) is 0 Å². The van der Waals surface area contributed by atoms with Crippen LogP contribution in [0.2, 0.25) is 0 Å². The molecule has 88 valence electrons. The van der Waals surface area contributed by atoms with E-state index in [0.29, 0.717) is 5.75 Å². The summed E-state index contributed by atoms with van der Waals surface area (Å²) in [7, 11) is 0. The lowest BCUT2D eigenvalue weighted by atomic mass is 10.2. The Labute approximate surface area is 96.8 Å². The van der Waals surface area contributed by atoms with Gasteiger partial charge in [-0.15, -0.1) is 0 Å². The van der Waals surface area contributed by atoms with Gasteiger partial charge in [0.25, 0.3) is 5.91 Å². The number of amides is 1. The van der Waals surface area contributed by atoms with Crippen molar-refractivity contribution < 1.29 is 9.53 Å². The third kappa shape index (κ3) is 3.93. The number of carbonyl (C=O) groups excluding carboxylic acids is 1. The Morgan fingerprint density at radius 3 is 2.50 bits per heavy atom. The van der Waals surface area contributed by atoms with E-state index in [0.717, 1.165) is 6.42 Å². The van der Waals surface area contributed by atoms with Gasteiger partial charge in [-0.1, -0.05) is 25.1 Å². The summed E-state index contributed by atoms with van der Waals surface area (Å²) in [4.78, 5) is 11.7. The van der Waals surface area contributed by atoms with Gasteiger partial charge < -0.3 is 10.1 Å². The Morgan fingerprint density at radius 1 is 1.31 bits per heavy atom. The van der Waals surface area contributed by atoms with Gasteiger partial charge >= 0.3 is 0 Å². The maximum absolute atomic E-state index is 11.7. The first-order valence-electron chi connectivity index (χ1n) is 5.65. The smallest absolute Gasteiger partial charge is 0.260 e. The van der Waals surface area contributed by atoms with Crippen molar-refractivity contribution in [3.05, 3.63) is 30.3 Å². The fraction of sp³-hybridized carbons (Fsp3) is 0.462. The Bertz CT molecular complexity index is 324. The van der Waals surface area contributed by atoms with Crippen LogP contribution in [0.3, 0.4) is 0 Å². The normalized spacial score (nSPS) is 13.9. The van der Waals surface area contributed by atoms with E-state index in [1.165, 1.54) is 0 Å². The highest BCUT2D eigenvalue weighted by atomic mass is 16.5. The zero-order chi connectivity index (χ0) is 12.0. The van der Waals surface area contributed by atoms with Crippen molar-refractivity contribution in [1.29, 1.82) is 0 Å². The fourth-order valence-corrected chi connectivity index (χ4v) is 1.22. The molecule has 1 N–H and O–H groups in total. The molecule has 2 atom stereocenters. The molecule has 1 aromatic carbocycles. The van der Waals surface area contributed by atoms with Crippen LogP contribution in [-0.4, -0.2) is 18.1 Å². The number of hydrogen-bond donors (Lipinski definition) is 1. The summed E-state index contributed by atoms with van der Waals surface area (Å²) < 4.78 is 5.51. The van der Waals surface area contributed by atoms with Crippen molar-refractivity contribution in [1.82, 2.24) is 5.32 Å². The van der Waals surface area contributed by atoms with E-state index >= 15 is 0 Å². The molecular weight excluding hydrogens is 202 g/mol. The average molecular weight is 221 g/mol. The molecule has 3 heteroatoms. The van der Waals surface area contributed by atoms with Crippen LogP contribution in [-0.2, 0) is 4.79 Å². The number of benzene rings is 1. The summed E-state index contributed by atoms with van der Waals surface area (Å²) in [5.41, 5.74) is 0. The van der Waals surface area contributed by atoms with Crippen molar-refractivity contribution in [3.63, 3.8) is 0 Å². The number of rotatable bonds is 5. The maximum atomic E-state index is 11.7. The van der Waals surface area contributed by atoms with Gasteiger partial charge in [-0.25, -0.2) is 0 Å². The number of nitrogens with one attached hydrogen (secondary N) is 1. The van der Waals surface area contributed by atoms with E-state index in [1.807, 2.05) is 44.2 Å². The van der Waals surface area contributed by atoms with Gasteiger partial charge in [-0.2, -0.15) is 0 Å². The van der Waals surface area contributed by atoms with E-state index in [2.05, 4.69) is 5.32 Å². The summed E-state index contributed by atoms with van der Waals surface area (Å²) >= 11 is 0. The van der Waals surface area contributed by atoms with E-state index in [1.54, 1.807) is 6.92 Å². The third-order valence-electron chi connectivity index (χ3n) is 2.43. The molecule has 3 nitrogen and oxygen atoms in total. The molecule has 16 heavy (non-hydrogen) atoms. The molecule has 0 aliphatic heterocycles. The molecule has 1 aromatic rings. The highest BCUT2D eigenvalue weighted by molar-refractivity contribution is 5.80. The lowest BCUT2D eigenvalue weighted by Gasteiger charge is -2.17. The molecular formula is C13H19NO2. The SMILES string of the molecule is CCC(C)NC(=O)C(C)Oc1ccccc1. The second-order valence-corrected chi connectivity index (χ2v) is 3.89. The van der Waals surface area contributed by atoms with Crippen LogP contribution in [0.15, 0.2) is 30.3 Å². The summed E-state index contributed by atoms with van der Waals surface area (Å²) in [5.74, 6) is 0.646. The highest BCUT2D eigenvalue weighted by Crippen LogP contribution is 2.10. The number of ether oxygens (including phenoxy) is 1. The third-order valence-corrected chi connectivity index (χ3v) is 2.43. The van der Waals surface area contributed by atoms with Gasteiger partial charge in [0.1, 0.15) is 5.75 Å². The molecule has 1 rings (SSSR count). The summed E-state index contributed by atoms with van der Waals surface area (Å²) in [6, 6.07) is 9.55. The molecule has 1 amide bonds. The Kier molecular flexibility index (Phi) is 4.83. The molecule has 0 saturated carbocycles. The van der Waals surface area contributed by atoms with Crippen molar-refractivity contribution >= 4 is 5.91 Å². The first-order valence-corrected chi connectivity index (χ1v) is 5.65. The van der Waals surface area contributed by atoms with Crippen molar-refractivity contribution in [2.75, 3.05) is 0 Å². The van der Waals surface area contributed by atoms with Crippen LogP contribution < -0.4 is 10.1 Å². The summed E-state index contributed by atoms with van der Waals surface area (Å²) in [6.07, 6.45) is 0.459. The summed E-state index contributed by atoms with van der Waals surface area (Å²) in [6.45, 7) is 5.77. The molecule has 0 aliphatic carbocycles. The molecule has 0 heterocycles. The molecule has 0 saturated heterocycles. The standard InChI is InChI=1S/C13H19NO2/c1-4-10(2)14-13(15)11(3)16-12-8-6-5-7-9-12/h5-11H,4H2,1-3H3,(H,14,15).